The molecule has 24 heavy (non-hydrogen) atoms. The zero-order chi connectivity index (χ0) is 16.8. The van der Waals surface area contributed by atoms with E-state index in [1.54, 1.807) is 13.4 Å². The molecular weight excluding hydrogens is 302 g/mol. The monoisotopic (exact) mass is 327 g/mol. The third-order valence-corrected chi connectivity index (χ3v) is 4.35. The molecule has 0 spiro atoms. The van der Waals surface area contributed by atoms with Gasteiger partial charge in [-0.1, -0.05) is 12.1 Å². The number of hydrogen-bond donors (Lipinski definition) is 0. The van der Waals surface area contributed by atoms with Crippen LogP contribution in [0.4, 0.5) is 0 Å². The lowest BCUT2D eigenvalue weighted by atomic mass is 10.0. The van der Waals surface area contributed by atoms with Gasteiger partial charge in [-0.05, 0) is 37.1 Å². The van der Waals surface area contributed by atoms with Crippen molar-refractivity contribution in [2.24, 2.45) is 5.92 Å². The molecule has 1 aromatic carbocycles. The fraction of sp³-hybridized carbons (Fsp3) is 0.474. The third kappa shape index (κ3) is 4.76. The van der Waals surface area contributed by atoms with Crippen LogP contribution in [0.2, 0.25) is 0 Å². The molecule has 5 nitrogen and oxygen atoms in total. The molecule has 2 heterocycles. The van der Waals surface area contributed by atoms with Gasteiger partial charge < -0.3 is 9.47 Å². The predicted octanol–water partition coefficient (Wildman–Crippen LogP) is 2.48. The molecule has 1 atom stereocenters. The van der Waals surface area contributed by atoms with Gasteiger partial charge >= 0.3 is 0 Å². The average molecular weight is 327 g/mol. The molecule has 0 bridgehead atoms. The Balaban J connectivity index is 1.61. The van der Waals surface area contributed by atoms with E-state index in [1.165, 1.54) is 5.56 Å². The van der Waals surface area contributed by atoms with Crippen LogP contribution in [-0.4, -0.2) is 48.3 Å². The lowest BCUT2D eigenvalue weighted by Gasteiger charge is -2.23. The summed E-state index contributed by atoms with van der Waals surface area (Å²) in [6.07, 6.45) is 2.58. The second kappa shape index (κ2) is 8.22. The first-order valence-electron chi connectivity index (χ1n) is 8.43. The van der Waals surface area contributed by atoms with E-state index in [2.05, 4.69) is 33.1 Å². The Kier molecular flexibility index (Phi) is 5.77. The number of methoxy groups -OCH3 is 1. The van der Waals surface area contributed by atoms with Crippen LogP contribution < -0.4 is 4.74 Å². The Morgan fingerprint density at radius 3 is 2.83 bits per heavy atom. The Morgan fingerprint density at radius 1 is 1.25 bits per heavy atom. The van der Waals surface area contributed by atoms with Crippen molar-refractivity contribution >= 4 is 0 Å². The van der Waals surface area contributed by atoms with Crippen molar-refractivity contribution in [2.75, 3.05) is 33.4 Å². The van der Waals surface area contributed by atoms with Crippen LogP contribution >= 0.6 is 0 Å². The van der Waals surface area contributed by atoms with E-state index < -0.39 is 0 Å². The summed E-state index contributed by atoms with van der Waals surface area (Å²) < 4.78 is 11.0. The predicted molar refractivity (Wildman–Crippen MR) is 93.1 cm³/mol. The van der Waals surface area contributed by atoms with Crippen molar-refractivity contribution in [1.82, 2.24) is 14.9 Å². The maximum atomic E-state index is 5.81. The number of rotatable bonds is 5. The van der Waals surface area contributed by atoms with Crippen molar-refractivity contribution in [3.8, 4) is 5.75 Å². The highest BCUT2D eigenvalue weighted by atomic mass is 16.5. The molecular formula is C19H25N3O2. The van der Waals surface area contributed by atoms with Gasteiger partial charge in [-0.3, -0.25) is 4.90 Å². The normalized spacial score (nSPS) is 19.0. The Hall–Kier alpha value is -1.98. The molecule has 1 aliphatic heterocycles. The summed E-state index contributed by atoms with van der Waals surface area (Å²) in [6.45, 7) is 6.51. The molecule has 1 fully saturated rings. The maximum Gasteiger partial charge on any atom is 0.118 e. The highest BCUT2D eigenvalue weighted by Gasteiger charge is 2.20. The minimum Gasteiger partial charge on any atom is -0.497 e. The Morgan fingerprint density at radius 2 is 2.08 bits per heavy atom. The second-order valence-electron chi connectivity index (χ2n) is 6.38. The van der Waals surface area contributed by atoms with E-state index in [0.29, 0.717) is 5.92 Å². The number of benzene rings is 1. The minimum atomic E-state index is 0.458. The van der Waals surface area contributed by atoms with E-state index >= 15 is 0 Å². The van der Waals surface area contributed by atoms with Crippen LogP contribution in [0.5, 0.6) is 5.75 Å². The molecule has 1 aliphatic rings. The zero-order valence-corrected chi connectivity index (χ0v) is 14.4. The fourth-order valence-electron chi connectivity index (χ4n) is 3.13. The molecule has 2 aromatic rings. The van der Waals surface area contributed by atoms with E-state index in [0.717, 1.165) is 56.4 Å². The quantitative estimate of drug-likeness (QED) is 0.844. The van der Waals surface area contributed by atoms with Crippen molar-refractivity contribution in [1.29, 1.82) is 0 Å². The summed E-state index contributed by atoms with van der Waals surface area (Å²) in [6, 6.07) is 10.4. The molecule has 0 aliphatic carbocycles. The third-order valence-electron chi connectivity index (χ3n) is 4.35. The van der Waals surface area contributed by atoms with Crippen molar-refractivity contribution in [3.05, 3.63) is 53.6 Å². The van der Waals surface area contributed by atoms with Gasteiger partial charge in [0.15, 0.2) is 0 Å². The van der Waals surface area contributed by atoms with Gasteiger partial charge in [0, 0.05) is 36.9 Å². The number of hydrogen-bond acceptors (Lipinski definition) is 5. The molecule has 0 unspecified atom stereocenters. The molecule has 0 amide bonds. The SMILES string of the molecule is COc1ccc(CN2CCOC[C@@H](Cc3cc(C)ncn3)C2)cc1. The second-order valence-corrected chi connectivity index (χ2v) is 6.38. The van der Waals surface area contributed by atoms with Crippen LogP contribution in [-0.2, 0) is 17.7 Å². The zero-order valence-electron chi connectivity index (χ0n) is 14.4. The smallest absolute Gasteiger partial charge is 0.118 e. The maximum absolute atomic E-state index is 5.81. The Labute approximate surface area is 143 Å². The summed E-state index contributed by atoms with van der Waals surface area (Å²) in [5.74, 6) is 1.36. The largest absolute Gasteiger partial charge is 0.497 e. The molecule has 3 rings (SSSR count). The standard InChI is InChI=1S/C19H25N3O2/c1-15-9-18(21-14-20-15)10-17-12-22(7-8-24-13-17)11-16-3-5-19(23-2)6-4-16/h3-6,9,14,17H,7-8,10-13H2,1-2H3/t17-/m0/s1. The fourth-order valence-corrected chi connectivity index (χ4v) is 3.13. The van der Waals surface area contributed by atoms with Gasteiger partial charge in [-0.2, -0.15) is 0 Å². The van der Waals surface area contributed by atoms with Crippen LogP contribution in [0.15, 0.2) is 36.7 Å². The van der Waals surface area contributed by atoms with Crippen LogP contribution in [0.25, 0.3) is 0 Å². The van der Waals surface area contributed by atoms with Crippen molar-refractivity contribution in [2.45, 2.75) is 19.9 Å². The van der Waals surface area contributed by atoms with E-state index in [4.69, 9.17) is 9.47 Å². The van der Waals surface area contributed by atoms with Crippen LogP contribution in [0.1, 0.15) is 17.0 Å². The topological polar surface area (TPSA) is 47.5 Å². The lowest BCUT2D eigenvalue weighted by molar-refractivity contribution is 0.121. The van der Waals surface area contributed by atoms with Gasteiger partial charge in [0.1, 0.15) is 12.1 Å². The van der Waals surface area contributed by atoms with Crippen LogP contribution in [0.3, 0.4) is 0 Å². The highest BCUT2D eigenvalue weighted by molar-refractivity contribution is 5.27. The minimum absolute atomic E-state index is 0.458. The molecule has 0 saturated carbocycles. The first-order chi connectivity index (χ1) is 11.7. The van der Waals surface area contributed by atoms with Crippen molar-refractivity contribution in [3.63, 3.8) is 0 Å². The lowest BCUT2D eigenvalue weighted by Crippen LogP contribution is -2.30. The molecule has 1 aromatic heterocycles. The van der Waals surface area contributed by atoms with E-state index in [1.807, 2.05) is 19.1 Å². The van der Waals surface area contributed by atoms with Gasteiger partial charge in [0.25, 0.3) is 0 Å². The molecule has 128 valence electrons. The van der Waals surface area contributed by atoms with Crippen LogP contribution in [0, 0.1) is 12.8 Å². The van der Waals surface area contributed by atoms with Gasteiger partial charge in [-0.25, -0.2) is 9.97 Å². The van der Waals surface area contributed by atoms with E-state index in [9.17, 15) is 0 Å². The summed E-state index contributed by atoms with van der Waals surface area (Å²) in [5, 5.41) is 0. The first kappa shape index (κ1) is 16.9. The Bertz CT molecular complexity index is 645. The highest BCUT2D eigenvalue weighted by Crippen LogP contribution is 2.17. The first-order valence-corrected chi connectivity index (χ1v) is 8.43. The number of aromatic nitrogens is 2. The van der Waals surface area contributed by atoms with Gasteiger partial charge in [0.2, 0.25) is 0 Å². The number of nitrogens with zero attached hydrogens (tertiary/aromatic N) is 3. The molecule has 1 saturated heterocycles. The average Bonchev–Trinajstić information content (AvgIpc) is 2.80. The summed E-state index contributed by atoms with van der Waals surface area (Å²) in [5.41, 5.74) is 3.42. The molecule has 0 radical (unpaired) electrons. The van der Waals surface area contributed by atoms with Crippen molar-refractivity contribution < 1.29 is 9.47 Å². The molecule has 5 heteroatoms. The number of ether oxygens (including phenoxy) is 2. The molecule has 0 N–H and O–H groups in total. The van der Waals surface area contributed by atoms with E-state index in [-0.39, 0.29) is 0 Å². The summed E-state index contributed by atoms with van der Waals surface area (Å²) >= 11 is 0. The van der Waals surface area contributed by atoms with Gasteiger partial charge in [0.05, 0.1) is 20.3 Å². The van der Waals surface area contributed by atoms with Gasteiger partial charge in [-0.15, -0.1) is 0 Å². The summed E-state index contributed by atoms with van der Waals surface area (Å²) in [7, 11) is 1.70. The summed E-state index contributed by atoms with van der Waals surface area (Å²) in [4.78, 5) is 11.0. The number of aryl methyl sites for hydroxylation is 1.